The number of hydrogen-bond donors (Lipinski definition) is 0. The molecule has 0 fully saturated rings. The van der Waals surface area contributed by atoms with Crippen molar-refractivity contribution in [3.8, 4) is 11.5 Å². The molecule has 0 aliphatic rings. The molecule has 1 atom stereocenters. The zero-order chi connectivity index (χ0) is 14.7. The molecule has 3 rings (SSSR count). The normalized spacial score (nSPS) is 12.3. The van der Waals surface area contributed by atoms with Gasteiger partial charge in [0.05, 0.1) is 5.25 Å². The highest BCUT2D eigenvalue weighted by molar-refractivity contribution is 7.99. The molecule has 5 nitrogen and oxygen atoms in total. The topological polar surface area (TPSA) is 64.7 Å². The molecule has 106 valence electrons. The van der Waals surface area contributed by atoms with Crippen molar-refractivity contribution in [2.45, 2.75) is 24.3 Å². The lowest BCUT2D eigenvalue weighted by molar-refractivity contribution is 0.509. The van der Waals surface area contributed by atoms with Crippen LogP contribution in [0.4, 0.5) is 0 Å². The van der Waals surface area contributed by atoms with Crippen LogP contribution in [-0.2, 0) is 0 Å². The van der Waals surface area contributed by atoms with Crippen molar-refractivity contribution >= 4 is 11.8 Å². The molecule has 0 spiro atoms. The first-order chi connectivity index (χ1) is 10.2. The summed E-state index contributed by atoms with van der Waals surface area (Å²) in [5, 5.41) is 8.92. The lowest BCUT2D eigenvalue weighted by atomic mass is 10.1. The van der Waals surface area contributed by atoms with Gasteiger partial charge in [-0.15, -0.1) is 10.2 Å². The highest BCUT2D eigenvalue weighted by atomic mass is 32.2. The van der Waals surface area contributed by atoms with E-state index in [1.807, 2.05) is 38.1 Å². The van der Waals surface area contributed by atoms with Crippen LogP contribution in [0.2, 0.25) is 0 Å². The van der Waals surface area contributed by atoms with Crippen LogP contribution in [-0.4, -0.2) is 20.2 Å². The molecule has 1 unspecified atom stereocenters. The van der Waals surface area contributed by atoms with Crippen molar-refractivity contribution in [3.63, 3.8) is 0 Å². The molecule has 2 heterocycles. The van der Waals surface area contributed by atoms with E-state index in [-0.39, 0.29) is 5.25 Å². The zero-order valence-corrected chi connectivity index (χ0v) is 12.5. The molecule has 0 N–H and O–H groups in total. The molecular weight excluding hydrogens is 284 g/mol. The average molecular weight is 298 g/mol. The van der Waals surface area contributed by atoms with Crippen molar-refractivity contribution in [2.75, 3.05) is 0 Å². The standard InChI is InChI=1S/C15H14N4OS/c1-10-4-6-12(7-5-10)14-19-18-13(20-14)11(2)21-15-16-8-3-9-17-15/h3-9,11H,1-2H3. The Hall–Kier alpha value is -2.21. The van der Waals surface area contributed by atoms with E-state index in [0.717, 1.165) is 5.56 Å². The molecule has 3 aromatic rings. The quantitative estimate of drug-likeness (QED) is 0.540. The Morgan fingerprint density at radius 3 is 2.48 bits per heavy atom. The number of rotatable bonds is 4. The molecular formula is C15H14N4OS. The maximum absolute atomic E-state index is 5.74. The summed E-state index contributed by atoms with van der Waals surface area (Å²) < 4.78 is 5.74. The van der Waals surface area contributed by atoms with Gasteiger partial charge in [0.15, 0.2) is 5.16 Å². The summed E-state index contributed by atoms with van der Waals surface area (Å²) in [7, 11) is 0. The van der Waals surface area contributed by atoms with E-state index in [9.17, 15) is 0 Å². The van der Waals surface area contributed by atoms with Crippen molar-refractivity contribution in [1.29, 1.82) is 0 Å². The van der Waals surface area contributed by atoms with Crippen molar-refractivity contribution in [3.05, 3.63) is 54.2 Å². The first-order valence-corrected chi connectivity index (χ1v) is 7.44. The Balaban J connectivity index is 1.76. The van der Waals surface area contributed by atoms with Crippen molar-refractivity contribution in [2.24, 2.45) is 0 Å². The molecule has 0 radical (unpaired) electrons. The van der Waals surface area contributed by atoms with Gasteiger partial charge in [-0.3, -0.25) is 0 Å². The van der Waals surface area contributed by atoms with Crippen LogP contribution in [0, 0.1) is 6.92 Å². The largest absolute Gasteiger partial charge is 0.419 e. The van der Waals surface area contributed by atoms with Crippen LogP contribution < -0.4 is 0 Å². The second-order valence-electron chi connectivity index (χ2n) is 4.60. The molecule has 0 saturated heterocycles. The number of aromatic nitrogens is 4. The Kier molecular flexibility index (Phi) is 3.96. The predicted molar refractivity (Wildman–Crippen MR) is 80.8 cm³/mol. The van der Waals surface area contributed by atoms with E-state index in [1.165, 1.54) is 17.3 Å². The lowest BCUT2D eigenvalue weighted by Crippen LogP contribution is -1.91. The Bertz CT molecular complexity index is 712. The molecule has 2 aromatic heterocycles. The van der Waals surface area contributed by atoms with Gasteiger partial charge in [-0.2, -0.15) is 0 Å². The van der Waals surface area contributed by atoms with E-state index in [0.29, 0.717) is 16.9 Å². The molecule has 0 saturated carbocycles. The minimum Gasteiger partial charge on any atom is -0.419 e. The van der Waals surface area contributed by atoms with Gasteiger partial charge < -0.3 is 4.42 Å². The fourth-order valence-corrected chi connectivity index (χ4v) is 2.52. The molecule has 0 aliphatic heterocycles. The van der Waals surface area contributed by atoms with E-state index >= 15 is 0 Å². The highest BCUT2D eigenvalue weighted by Crippen LogP contribution is 2.32. The molecule has 21 heavy (non-hydrogen) atoms. The summed E-state index contributed by atoms with van der Waals surface area (Å²) >= 11 is 1.49. The second-order valence-corrected chi connectivity index (χ2v) is 5.91. The minimum absolute atomic E-state index is 0.000835. The summed E-state index contributed by atoms with van der Waals surface area (Å²) in [6.07, 6.45) is 3.43. The predicted octanol–water partition coefficient (Wildman–Crippen LogP) is 3.69. The van der Waals surface area contributed by atoms with Gasteiger partial charge in [0.1, 0.15) is 0 Å². The number of hydrogen-bond acceptors (Lipinski definition) is 6. The van der Waals surface area contributed by atoms with Crippen LogP contribution >= 0.6 is 11.8 Å². The van der Waals surface area contributed by atoms with Gasteiger partial charge in [0.2, 0.25) is 11.8 Å². The van der Waals surface area contributed by atoms with Gasteiger partial charge >= 0.3 is 0 Å². The van der Waals surface area contributed by atoms with Gasteiger partial charge in [-0.1, -0.05) is 29.5 Å². The summed E-state index contributed by atoms with van der Waals surface area (Å²) in [5.41, 5.74) is 2.12. The Morgan fingerprint density at radius 2 is 1.76 bits per heavy atom. The SMILES string of the molecule is Cc1ccc(-c2nnc(C(C)Sc3ncccn3)o2)cc1. The third kappa shape index (κ3) is 3.28. The van der Waals surface area contributed by atoms with Crippen LogP contribution in [0.1, 0.15) is 23.6 Å². The Labute approximate surface area is 126 Å². The minimum atomic E-state index is -0.000835. The second kappa shape index (κ2) is 6.05. The average Bonchev–Trinajstić information content (AvgIpc) is 2.99. The summed E-state index contributed by atoms with van der Waals surface area (Å²) in [5.74, 6) is 1.11. The van der Waals surface area contributed by atoms with E-state index in [4.69, 9.17) is 4.42 Å². The third-order valence-electron chi connectivity index (χ3n) is 2.91. The fourth-order valence-electron chi connectivity index (χ4n) is 1.77. The number of benzene rings is 1. The van der Waals surface area contributed by atoms with Crippen molar-refractivity contribution < 1.29 is 4.42 Å². The van der Waals surface area contributed by atoms with E-state index < -0.39 is 0 Å². The van der Waals surface area contributed by atoms with Crippen LogP contribution in [0.5, 0.6) is 0 Å². The van der Waals surface area contributed by atoms with Gasteiger partial charge in [0.25, 0.3) is 0 Å². The first-order valence-electron chi connectivity index (χ1n) is 6.56. The number of nitrogens with zero attached hydrogens (tertiary/aromatic N) is 4. The molecule has 6 heteroatoms. The van der Waals surface area contributed by atoms with E-state index in [2.05, 4.69) is 20.2 Å². The molecule has 0 bridgehead atoms. The summed E-state index contributed by atoms with van der Waals surface area (Å²) in [6.45, 7) is 4.04. The Morgan fingerprint density at radius 1 is 1.05 bits per heavy atom. The lowest BCUT2D eigenvalue weighted by Gasteiger charge is -2.04. The smallest absolute Gasteiger partial charge is 0.247 e. The summed E-state index contributed by atoms with van der Waals surface area (Å²) in [4.78, 5) is 8.36. The van der Waals surface area contributed by atoms with Gasteiger partial charge in [0, 0.05) is 18.0 Å². The van der Waals surface area contributed by atoms with E-state index in [1.54, 1.807) is 18.5 Å². The fraction of sp³-hybridized carbons (Fsp3) is 0.200. The maximum Gasteiger partial charge on any atom is 0.247 e. The van der Waals surface area contributed by atoms with Crippen molar-refractivity contribution in [1.82, 2.24) is 20.2 Å². The van der Waals surface area contributed by atoms with Crippen LogP contribution in [0.3, 0.4) is 0 Å². The monoisotopic (exact) mass is 298 g/mol. The van der Waals surface area contributed by atoms with Gasteiger partial charge in [-0.05, 0) is 32.0 Å². The highest BCUT2D eigenvalue weighted by Gasteiger charge is 2.17. The number of thioether (sulfide) groups is 1. The van der Waals surface area contributed by atoms with Gasteiger partial charge in [-0.25, -0.2) is 9.97 Å². The molecule has 0 aliphatic carbocycles. The summed E-state index contributed by atoms with van der Waals surface area (Å²) in [6, 6.07) is 9.79. The molecule has 0 amide bonds. The van der Waals surface area contributed by atoms with Crippen LogP contribution in [0.15, 0.2) is 52.3 Å². The molecule has 1 aromatic carbocycles. The van der Waals surface area contributed by atoms with Crippen LogP contribution in [0.25, 0.3) is 11.5 Å². The zero-order valence-electron chi connectivity index (χ0n) is 11.7. The first kappa shape index (κ1) is 13.8. The third-order valence-corrected chi connectivity index (χ3v) is 3.89. The number of aryl methyl sites for hydroxylation is 1. The maximum atomic E-state index is 5.74.